The molecule has 8 heteroatoms. The maximum atomic E-state index is 11.9. The lowest BCUT2D eigenvalue weighted by atomic mass is 10.1. The van der Waals surface area contributed by atoms with Crippen LogP contribution in [0.25, 0.3) is 0 Å². The van der Waals surface area contributed by atoms with E-state index < -0.39 is 10.0 Å². The van der Waals surface area contributed by atoms with Crippen molar-refractivity contribution in [2.75, 3.05) is 20.2 Å². The fraction of sp³-hybridized carbons (Fsp3) is 0.316. The van der Waals surface area contributed by atoms with E-state index in [1.807, 2.05) is 24.3 Å². The Morgan fingerprint density at radius 3 is 2.44 bits per heavy atom. The molecule has 0 saturated carbocycles. The number of rotatable bonds is 10. The molecule has 0 saturated heterocycles. The summed E-state index contributed by atoms with van der Waals surface area (Å²) in [5.74, 6) is 0.784. The van der Waals surface area contributed by atoms with Crippen molar-refractivity contribution in [1.29, 1.82) is 0 Å². The molecule has 0 bridgehead atoms. The summed E-state index contributed by atoms with van der Waals surface area (Å²) >= 11 is 0. The number of methoxy groups -OCH3 is 1. The number of sulfonamides is 1. The zero-order chi connectivity index (χ0) is 19.7. The molecule has 0 aliphatic carbocycles. The van der Waals surface area contributed by atoms with Crippen LogP contribution in [0, 0.1) is 0 Å². The number of nitrogens with one attached hydrogen (secondary N) is 2. The number of hydrogen-bond donors (Lipinski definition) is 3. The molecule has 2 aromatic rings. The largest absolute Gasteiger partial charge is 0.496 e. The molecular formula is C19H25N3O4S. The second-order valence-corrected chi connectivity index (χ2v) is 7.59. The van der Waals surface area contributed by atoms with E-state index >= 15 is 0 Å². The minimum atomic E-state index is -3.68. The Hall–Kier alpha value is -2.42. The Morgan fingerprint density at radius 1 is 1.07 bits per heavy atom. The highest BCUT2D eigenvalue weighted by atomic mass is 32.2. The van der Waals surface area contributed by atoms with E-state index in [0.717, 1.165) is 16.9 Å². The van der Waals surface area contributed by atoms with Crippen LogP contribution in [-0.4, -0.2) is 34.5 Å². The van der Waals surface area contributed by atoms with Gasteiger partial charge in [0.25, 0.3) is 0 Å². The lowest BCUT2D eigenvalue weighted by Crippen LogP contribution is -2.29. The van der Waals surface area contributed by atoms with Gasteiger partial charge in [-0.15, -0.1) is 0 Å². The van der Waals surface area contributed by atoms with E-state index in [4.69, 9.17) is 9.88 Å². The summed E-state index contributed by atoms with van der Waals surface area (Å²) in [4.78, 5) is 12.0. The van der Waals surface area contributed by atoms with Gasteiger partial charge in [-0.2, -0.15) is 0 Å². The van der Waals surface area contributed by atoms with Gasteiger partial charge in [0, 0.05) is 31.6 Å². The molecule has 27 heavy (non-hydrogen) atoms. The van der Waals surface area contributed by atoms with Crippen molar-refractivity contribution in [3.05, 3.63) is 59.7 Å². The summed E-state index contributed by atoms with van der Waals surface area (Å²) in [6, 6.07) is 14.1. The predicted molar refractivity (Wildman–Crippen MR) is 104 cm³/mol. The summed E-state index contributed by atoms with van der Waals surface area (Å²) in [6.07, 6.45) is 0.991. The number of primary sulfonamides is 1. The van der Waals surface area contributed by atoms with Crippen LogP contribution in [0.2, 0.25) is 0 Å². The van der Waals surface area contributed by atoms with E-state index in [1.165, 1.54) is 12.1 Å². The van der Waals surface area contributed by atoms with Crippen molar-refractivity contribution in [1.82, 2.24) is 10.6 Å². The van der Waals surface area contributed by atoms with Crippen molar-refractivity contribution in [2.45, 2.75) is 24.3 Å². The standard InChI is InChI=1S/C19H25N3O4S/c1-26-18-5-3-2-4-16(18)14-21-12-11-19(23)22-13-10-15-6-8-17(9-7-15)27(20,24)25/h2-9,21H,10-14H2,1H3,(H,22,23)(H2,20,24,25). The number of carbonyl (C=O) groups is 1. The van der Waals surface area contributed by atoms with Crippen LogP contribution in [0.5, 0.6) is 5.75 Å². The average Bonchev–Trinajstić information content (AvgIpc) is 2.65. The van der Waals surface area contributed by atoms with Crippen LogP contribution in [0.4, 0.5) is 0 Å². The molecule has 7 nitrogen and oxygen atoms in total. The third-order valence-corrected chi connectivity index (χ3v) is 4.95. The smallest absolute Gasteiger partial charge is 0.238 e. The highest BCUT2D eigenvalue weighted by Crippen LogP contribution is 2.16. The van der Waals surface area contributed by atoms with Gasteiger partial charge in [-0.25, -0.2) is 13.6 Å². The molecule has 0 aliphatic rings. The number of para-hydroxylation sites is 1. The molecular weight excluding hydrogens is 366 g/mol. The molecule has 0 aliphatic heterocycles. The topological polar surface area (TPSA) is 111 Å². The number of ether oxygens (including phenoxy) is 1. The lowest BCUT2D eigenvalue weighted by Gasteiger charge is -2.10. The number of nitrogens with two attached hydrogens (primary N) is 1. The van der Waals surface area contributed by atoms with Gasteiger partial charge in [-0.3, -0.25) is 4.79 Å². The lowest BCUT2D eigenvalue weighted by molar-refractivity contribution is -0.120. The van der Waals surface area contributed by atoms with Crippen LogP contribution < -0.4 is 20.5 Å². The first-order valence-corrected chi connectivity index (χ1v) is 10.2. The zero-order valence-electron chi connectivity index (χ0n) is 15.3. The number of hydrogen-bond acceptors (Lipinski definition) is 5. The van der Waals surface area contributed by atoms with E-state index in [-0.39, 0.29) is 10.8 Å². The number of amides is 1. The van der Waals surface area contributed by atoms with E-state index in [1.54, 1.807) is 19.2 Å². The van der Waals surface area contributed by atoms with Gasteiger partial charge < -0.3 is 15.4 Å². The molecule has 0 unspecified atom stereocenters. The minimum absolute atomic E-state index is 0.0383. The molecule has 2 aromatic carbocycles. The Bertz CT molecular complexity index is 852. The number of benzene rings is 2. The minimum Gasteiger partial charge on any atom is -0.496 e. The Balaban J connectivity index is 1.65. The van der Waals surface area contributed by atoms with Gasteiger partial charge in [0.2, 0.25) is 15.9 Å². The van der Waals surface area contributed by atoms with Gasteiger partial charge >= 0.3 is 0 Å². The monoisotopic (exact) mass is 391 g/mol. The average molecular weight is 391 g/mol. The molecule has 0 radical (unpaired) electrons. The summed E-state index contributed by atoms with van der Waals surface area (Å²) < 4.78 is 27.7. The summed E-state index contributed by atoms with van der Waals surface area (Å²) in [7, 11) is -2.04. The van der Waals surface area contributed by atoms with Crippen molar-refractivity contribution < 1.29 is 17.9 Å². The fourth-order valence-electron chi connectivity index (χ4n) is 2.55. The predicted octanol–water partition coefficient (Wildman–Crippen LogP) is 1.18. The first-order valence-electron chi connectivity index (χ1n) is 8.61. The third-order valence-electron chi connectivity index (χ3n) is 4.02. The zero-order valence-corrected chi connectivity index (χ0v) is 16.1. The highest BCUT2D eigenvalue weighted by molar-refractivity contribution is 7.89. The SMILES string of the molecule is COc1ccccc1CNCCC(=O)NCCc1ccc(S(N)(=O)=O)cc1. The van der Waals surface area contributed by atoms with Crippen molar-refractivity contribution in [3.63, 3.8) is 0 Å². The molecule has 4 N–H and O–H groups in total. The number of carbonyl (C=O) groups excluding carboxylic acids is 1. The van der Waals surface area contributed by atoms with Crippen molar-refractivity contribution in [2.24, 2.45) is 5.14 Å². The van der Waals surface area contributed by atoms with Crippen molar-refractivity contribution in [3.8, 4) is 5.75 Å². The van der Waals surface area contributed by atoms with Crippen LogP contribution in [0.3, 0.4) is 0 Å². The Morgan fingerprint density at radius 2 is 1.78 bits per heavy atom. The molecule has 0 atom stereocenters. The molecule has 0 spiro atoms. The van der Waals surface area contributed by atoms with Gasteiger partial charge in [0.15, 0.2) is 0 Å². The van der Waals surface area contributed by atoms with Crippen LogP contribution in [0.1, 0.15) is 17.5 Å². The molecule has 0 aromatic heterocycles. The third kappa shape index (κ3) is 7.01. The van der Waals surface area contributed by atoms with E-state index in [2.05, 4.69) is 10.6 Å². The first-order chi connectivity index (χ1) is 12.9. The molecule has 0 fully saturated rings. The fourth-order valence-corrected chi connectivity index (χ4v) is 3.07. The summed E-state index contributed by atoms with van der Waals surface area (Å²) in [5, 5.41) is 11.1. The van der Waals surface area contributed by atoms with Crippen LogP contribution >= 0.6 is 0 Å². The second-order valence-electron chi connectivity index (χ2n) is 6.03. The molecule has 1 amide bonds. The maximum absolute atomic E-state index is 11.9. The van der Waals surface area contributed by atoms with Gasteiger partial charge in [-0.1, -0.05) is 30.3 Å². The van der Waals surface area contributed by atoms with Gasteiger partial charge in [-0.05, 0) is 30.2 Å². The molecule has 0 heterocycles. The Labute approximate surface area is 160 Å². The van der Waals surface area contributed by atoms with Gasteiger partial charge in [0.1, 0.15) is 5.75 Å². The summed E-state index contributed by atoms with van der Waals surface area (Å²) in [6.45, 7) is 1.68. The van der Waals surface area contributed by atoms with E-state index in [9.17, 15) is 13.2 Å². The van der Waals surface area contributed by atoms with Crippen LogP contribution in [-0.2, 0) is 27.8 Å². The quantitative estimate of drug-likeness (QED) is 0.527. The molecule has 2 rings (SSSR count). The molecule has 146 valence electrons. The van der Waals surface area contributed by atoms with Crippen LogP contribution in [0.15, 0.2) is 53.4 Å². The normalized spacial score (nSPS) is 11.2. The first kappa shape index (κ1) is 20.9. The maximum Gasteiger partial charge on any atom is 0.238 e. The highest BCUT2D eigenvalue weighted by Gasteiger charge is 2.07. The Kier molecular flexibility index (Phi) is 7.78. The van der Waals surface area contributed by atoms with Gasteiger partial charge in [0.05, 0.1) is 12.0 Å². The summed E-state index contributed by atoms with van der Waals surface area (Å²) in [5.41, 5.74) is 1.97. The van der Waals surface area contributed by atoms with Crippen molar-refractivity contribution >= 4 is 15.9 Å². The second kappa shape index (κ2) is 10.1. The van der Waals surface area contributed by atoms with E-state index in [0.29, 0.717) is 32.5 Å².